The molecule has 1 aromatic heterocycles. The second kappa shape index (κ2) is 11.2. The van der Waals surface area contributed by atoms with Crippen molar-refractivity contribution < 1.29 is 18.0 Å². The van der Waals surface area contributed by atoms with Crippen molar-refractivity contribution in [3.05, 3.63) is 89.5 Å². The number of benzene rings is 3. The minimum Gasteiger partial charge on any atom is -0.494 e. The van der Waals surface area contributed by atoms with Crippen LogP contribution in [0.5, 0.6) is 5.88 Å². The molecular weight excluding hydrogens is 551 g/mol. The van der Waals surface area contributed by atoms with Crippen molar-refractivity contribution in [1.29, 1.82) is 0 Å². The number of nitrogens with one attached hydrogen (secondary N) is 2. The van der Waals surface area contributed by atoms with E-state index in [9.17, 15) is 13.5 Å². The van der Waals surface area contributed by atoms with E-state index in [1.54, 1.807) is 18.2 Å². The second-order valence-electron chi connectivity index (χ2n) is 12.4. The molecule has 1 aliphatic rings. The highest BCUT2D eigenvalue weighted by Gasteiger charge is 2.37. The van der Waals surface area contributed by atoms with Gasteiger partial charge in [0, 0.05) is 23.0 Å². The largest absolute Gasteiger partial charge is 0.494 e. The molecule has 0 amide bonds. The molecule has 3 N–H and O–H groups in total. The van der Waals surface area contributed by atoms with E-state index in [-0.39, 0.29) is 15.8 Å². The standard InChI is InChI=1S/C32H39N3O4SSi/c1-32(2,3)41(4,5)39-21-23-13-15-25(16-14-23)34-30(24-9-7-6-8-10-24)29-27-19-26(17-18-28(27)35-31(29)36)40(37,38)33-20-22-11-12-22/h6-10,13-19,22,33,35-36H,11-12,20-21H2,1-5H3. The number of hydrogen-bond acceptors (Lipinski definition) is 5. The van der Waals surface area contributed by atoms with Gasteiger partial charge in [0.15, 0.2) is 14.2 Å². The first-order valence-corrected chi connectivity index (χ1v) is 18.4. The SMILES string of the molecule is CC(C)(C)[Si](C)(C)OCc1ccc(N=C(c2ccccc2)c2c(O)[nH]c3ccc(S(=O)(=O)NCC4CC4)cc23)cc1. The number of aliphatic imine (C=N–C) groups is 1. The number of H-pyrrole nitrogens is 1. The third kappa shape index (κ3) is 6.64. The van der Waals surface area contributed by atoms with Crippen molar-refractivity contribution in [2.45, 2.75) is 63.2 Å². The second-order valence-corrected chi connectivity index (χ2v) is 19.0. The number of aromatic hydroxyl groups is 1. The molecular formula is C32H39N3O4SSi. The summed E-state index contributed by atoms with van der Waals surface area (Å²) in [4.78, 5) is 8.13. The summed E-state index contributed by atoms with van der Waals surface area (Å²) in [5, 5.41) is 11.8. The molecule has 9 heteroatoms. The summed E-state index contributed by atoms with van der Waals surface area (Å²) in [6, 6.07) is 22.4. The van der Waals surface area contributed by atoms with Gasteiger partial charge in [0.2, 0.25) is 10.0 Å². The monoisotopic (exact) mass is 589 g/mol. The Morgan fingerprint density at radius 1 is 1.05 bits per heavy atom. The van der Waals surface area contributed by atoms with Crippen molar-refractivity contribution in [1.82, 2.24) is 9.71 Å². The smallest absolute Gasteiger partial charge is 0.240 e. The lowest BCUT2D eigenvalue weighted by molar-refractivity contribution is 0.276. The van der Waals surface area contributed by atoms with Gasteiger partial charge in [-0.2, -0.15) is 0 Å². The van der Waals surface area contributed by atoms with Gasteiger partial charge in [-0.1, -0.05) is 63.2 Å². The predicted octanol–water partition coefficient (Wildman–Crippen LogP) is 7.25. The molecule has 3 aromatic carbocycles. The summed E-state index contributed by atoms with van der Waals surface area (Å²) in [7, 11) is -5.56. The normalized spacial score (nSPS) is 15.0. The maximum absolute atomic E-state index is 13.0. The lowest BCUT2D eigenvalue weighted by atomic mass is 10.0. The molecule has 0 aliphatic heterocycles. The molecule has 0 atom stereocenters. The predicted molar refractivity (Wildman–Crippen MR) is 168 cm³/mol. The molecule has 7 nitrogen and oxygen atoms in total. The van der Waals surface area contributed by atoms with Crippen LogP contribution in [0.3, 0.4) is 0 Å². The minimum atomic E-state index is -3.69. The molecule has 0 bridgehead atoms. The Morgan fingerprint density at radius 3 is 2.37 bits per heavy atom. The first-order chi connectivity index (χ1) is 19.3. The molecule has 41 heavy (non-hydrogen) atoms. The average molecular weight is 590 g/mol. The fourth-order valence-corrected chi connectivity index (χ4v) is 6.44. The van der Waals surface area contributed by atoms with Crippen molar-refractivity contribution in [3.8, 4) is 5.88 Å². The van der Waals surface area contributed by atoms with Crippen LogP contribution < -0.4 is 4.72 Å². The summed E-state index contributed by atoms with van der Waals surface area (Å²) in [5.74, 6) is 0.352. The van der Waals surface area contributed by atoms with Crippen molar-refractivity contribution in [2.75, 3.05) is 6.54 Å². The zero-order valence-electron chi connectivity index (χ0n) is 24.4. The Morgan fingerprint density at radius 2 is 1.73 bits per heavy atom. The van der Waals surface area contributed by atoms with Gasteiger partial charge in [0.05, 0.1) is 28.5 Å². The van der Waals surface area contributed by atoms with E-state index in [0.29, 0.717) is 46.9 Å². The minimum absolute atomic E-state index is 0.0671. The molecule has 5 rings (SSSR count). The third-order valence-electron chi connectivity index (χ3n) is 8.19. The van der Waals surface area contributed by atoms with Crippen molar-refractivity contribution >= 4 is 40.6 Å². The van der Waals surface area contributed by atoms with Gasteiger partial charge in [-0.05, 0) is 72.8 Å². The molecule has 1 aliphatic carbocycles. The van der Waals surface area contributed by atoms with E-state index in [1.807, 2.05) is 54.6 Å². The molecule has 0 saturated heterocycles. The van der Waals surface area contributed by atoms with E-state index in [0.717, 1.165) is 24.0 Å². The molecule has 0 spiro atoms. The van der Waals surface area contributed by atoms with Crippen LogP contribution >= 0.6 is 0 Å². The molecule has 0 radical (unpaired) electrons. The van der Waals surface area contributed by atoms with Crippen LogP contribution in [-0.2, 0) is 21.1 Å². The Labute approximate surface area is 243 Å². The van der Waals surface area contributed by atoms with Gasteiger partial charge in [-0.25, -0.2) is 18.1 Å². The highest BCUT2D eigenvalue weighted by atomic mass is 32.2. The lowest BCUT2D eigenvalue weighted by Gasteiger charge is -2.36. The van der Waals surface area contributed by atoms with E-state index >= 15 is 0 Å². The Balaban J connectivity index is 1.51. The molecule has 1 saturated carbocycles. The fraction of sp³-hybridized carbons (Fsp3) is 0.344. The molecule has 4 aromatic rings. The molecule has 1 fully saturated rings. The van der Waals surface area contributed by atoms with Gasteiger partial charge >= 0.3 is 0 Å². The number of sulfonamides is 1. The van der Waals surface area contributed by atoms with Gasteiger partial charge in [-0.3, -0.25) is 0 Å². The number of rotatable bonds is 10. The van der Waals surface area contributed by atoms with E-state index in [4.69, 9.17) is 9.42 Å². The average Bonchev–Trinajstić information content (AvgIpc) is 3.71. The van der Waals surface area contributed by atoms with Crippen molar-refractivity contribution in [2.24, 2.45) is 10.9 Å². The molecule has 0 unspecified atom stereocenters. The summed E-state index contributed by atoms with van der Waals surface area (Å²) in [5.41, 5.74) is 4.20. The number of aromatic amines is 1. The quantitative estimate of drug-likeness (QED) is 0.134. The van der Waals surface area contributed by atoms with Crippen LogP contribution in [0.1, 0.15) is 50.3 Å². The Hall–Kier alpha value is -3.24. The van der Waals surface area contributed by atoms with Crippen molar-refractivity contribution in [3.63, 3.8) is 0 Å². The summed E-state index contributed by atoms with van der Waals surface area (Å²) in [6.45, 7) is 12.2. The Bertz CT molecular complexity index is 1670. The molecule has 216 valence electrons. The maximum Gasteiger partial charge on any atom is 0.240 e. The van der Waals surface area contributed by atoms with E-state index in [1.165, 1.54) is 0 Å². The van der Waals surface area contributed by atoms with Gasteiger partial charge in [0.1, 0.15) is 0 Å². The summed E-state index contributed by atoms with van der Waals surface area (Å²) in [6.07, 6.45) is 2.11. The van der Waals surface area contributed by atoms with Crippen LogP contribution in [0.2, 0.25) is 18.1 Å². The fourth-order valence-electron chi connectivity index (χ4n) is 4.33. The van der Waals surface area contributed by atoms with E-state index in [2.05, 4.69) is 43.6 Å². The topological polar surface area (TPSA) is 104 Å². The Kier molecular flexibility index (Phi) is 8.00. The maximum atomic E-state index is 13.0. The molecule has 1 heterocycles. The van der Waals surface area contributed by atoms with Crippen LogP contribution in [0.4, 0.5) is 5.69 Å². The van der Waals surface area contributed by atoms with Gasteiger partial charge < -0.3 is 14.5 Å². The third-order valence-corrected chi connectivity index (χ3v) is 14.1. The van der Waals surface area contributed by atoms with E-state index < -0.39 is 18.3 Å². The summed E-state index contributed by atoms with van der Waals surface area (Å²) >= 11 is 0. The summed E-state index contributed by atoms with van der Waals surface area (Å²) < 4.78 is 35.2. The first kappa shape index (κ1) is 29.3. The highest BCUT2D eigenvalue weighted by Crippen LogP contribution is 2.37. The highest BCUT2D eigenvalue weighted by molar-refractivity contribution is 7.89. The lowest BCUT2D eigenvalue weighted by Crippen LogP contribution is -2.40. The number of nitrogens with zero attached hydrogens (tertiary/aromatic N) is 1. The van der Waals surface area contributed by atoms with Crippen LogP contribution in [0, 0.1) is 5.92 Å². The number of hydrogen-bond donors (Lipinski definition) is 3. The van der Waals surface area contributed by atoms with Gasteiger partial charge in [-0.15, -0.1) is 0 Å². The number of fused-ring (bicyclic) bond motifs is 1. The zero-order valence-corrected chi connectivity index (χ0v) is 26.2. The van der Waals surface area contributed by atoms with Crippen LogP contribution in [-0.4, -0.2) is 39.1 Å². The number of aromatic nitrogens is 1. The van der Waals surface area contributed by atoms with Crippen LogP contribution in [0.15, 0.2) is 82.7 Å². The van der Waals surface area contributed by atoms with Crippen LogP contribution in [0.25, 0.3) is 10.9 Å². The first-order valence-electron chi connectivity index (χ1n) is 14.1. The van der Waals surface area contributed by atoms with Gasteiger partial charge in [0.25, 0.3) is 0 Å². The zero-order chi connectivity index (χ0) is 29.4.